The van der Waals surface area contributed by atoms with Crippen molar-refractivity contribution >= 4 is 11.6 Å². The minimum absolute atomic E-state index is 0.200. The van der Waals surface area contributed by atoms with Crippen LogP contribution in [0.1, 0.15) is 121 Å². The summed E-state index contributed by atoms with van der Waals surface area (Å²) < 4.78 is 5.53. The highest BCUT2D eigenvalue weighted by Crippen LogP contribution is 2.26. The van der Waals surface area contributed by atoms with E-state index in [9.17, 15) is 9.59 Å². The third kappa shape index (κ3) is 9.55. The van der Waals surface area contributed by atoms with Crippen molar-refractivity contribution in [1.29, 1.82) is 0 Å². The van der Waals surface area contributed by atoms with Crippen LogP contribution in [-0.4, -0.2) is 24.3 Å². The molecule has 170 valence electrons. The molecular formula is C27H44O3. The molecular weight excluding hydrogens is 372 g/mol. The van der Waals surface area contributed by atoms with E-state index in [1.165, 1.54) is 84.7 Å². The molecule has 0 radical (unpaired) electrons. The molecule has 0 aliphatic carbocycles. The lowest BCUT2D eigenvalue weighted by atomic mass is 9.84. The number of rotatable bonds is 19. The Morgan fingerprint density at radius 2 is 1.17 bits per heavy atom. The average molecular weight is 417 g/mol. The summed E-state index contributed by atoms with van der Waals surface area (Å²) in [6.07, 6.45) is 18.4. The van der Waals surface area contributed by atoms with Gasteiger partial charge in [-0.05, 0) is 19.8 Å². The zero-order valence-electron chi connectivity index (χ0n) is 19.7. The number of Topliss-reactive ketones (excluding diaryl/α,β-unsaturated/α-hetero) is 2. The first kappa shape index (κ1) is 26.6. The molecule has 0 bridgehead atoms. The van der Waals surface area contributed by atoms with Gasteiger partial charge in [0.05, 0.1) is 0 Å². The Bertz CT molecular complexity index is 581. The van der Waals surface area contributed by atoms with Crippen LogP contribution in [0.25, 0.3) is 0 Å². The van der Waals surface area contributed by atoms with E-state index in [-0.39, 0.29) is 11.6 Å². The molecule has 0 spiro atoms. The molecule has 0 fully saturated rings. The first-order valence-electron chi connectivity index (χ1n) is 12.2. The molecule has 30 heavy (non-hydrogen) atoms. The molecule has 0 aliphatic heterocycles. The molecule has 3 nitrogen and oxygen atoms in total. The number of ketones is 2. The van der Waals surface area contributed by atoms with Crippen molar-refractivity contribution in [3.8, 4) is 0 Å². The summed E-state index contributed by atoms with van der Waals surface area (Å²) >= 11 is 0. The standard InChI is InChI=1S/C27H44O3/c1-4-5-6-7-8-9-10-11-12-13-14-15-16-20-23-27(30-3,24(2)28)26(29)25-21-18-17-19-22-25/h17-19,21-22H,4-16,20,23H2,1-3H3. The summed E-state index contributed by atoms with van der Waals surface area (Å²) in [5.74, 6) is -0.415. The van der Waals surface area contributed by atoms with Crippen LogP contribution in [-0.2, 0) is 9.53 Å². The van der Waals surface area contributed by atoms with E-state index >= 15 is 0 Å². The fraction of sp³-hybridized carbons (Fsp3) is 0.704. The third-order valence-electron chi connectivity index (χ3n) is 6.20. The largest absolute Gasteiger partial charge is 0.362 e. The minimum Gasteiger partial charge on any atom is -0.362 e. The van der Waals surface area contributed by atoms with Crippen LogP contribution in [0.3, 0.4) is 0 Å². The highest BCUT2D eigenvalue weighted by atomic mass is 16.5. The van der Waals surface area contributed by atoms with Crippen LogP contribution in [0.4, 0.5) is 0 Å². The maximum Gasteiger partial charge on any atom is 0.202 e. The fourth-order valence-corrected chi connectivity index (χ4v) is 4.18. The molecule has 3 heteroatoms. The third-order valence-corrected chi connectivity index (χ3v) is 6.20. The fourth-order valence-electron chi connectivity index (χ4n) is 4.18. The van der Waals surface area contributed by atoms with Gasteiger partial charge >= 0.3 is 0 Å². The second-order valence-electron chi connectivity index (χ2n) is 8.63. The summed E-state index contributed by atoms with van der Waals surface area (Å²) in [5.41, 5.74) is -0.793. The van der Waals surface area contributed by atoms with E-state index < -0.39 is 5.60 Å². The molecule has 1 aromatic carbocycles. The number of benzene rings is 1. The number of hydrogen-bond acceptors (Lipinski definition) is 3. The zero-order chi connectivity index (χ0) is 22.1. The van der Waals surface area contributed by atoms with Crippen LogP contribution < -0.4 is 0 Å². The Balaban J connectivity index is 2.20. The van der Waals surface area contributed by atoms with Crippen molar-refractivity contribution in [1.82, 2.24) is 0 Å². The Morgan fingerprint density at radius 1 is 0.733 bits per heavy atom. The van der Waals surface area contributed by atoms with Gasteiger partial charge in [-0.25, -0.2) is 0 Å². The maximum atomic E-state index is 13.0. The van der Waals surface area contributed by atoms with Crippen molar-refractivity contribution in [3.63, 3.8) is 0 Å². The van der Waals surface area contributed by atoms with E-state index in [0.29, 0.717) is 12.0 Å². The molecule has 0 saturated heterocycles. The first-order chi connectivity index (χ1) is 14.6. The Morgan fingerprint density at radius 3 is 1.57 bits per heavy atom. The van der Waals surface area contributed by atoms with Gasteiger partial charge in [-0.1, -0.05) is 121 Å². The maximum absolute atomic E-state index is 13.0. The van der Waals surface area contributed by atoms with Crippen LogP contribution in [0, 0.1) is 0 Å². The van der Waals surface area contributed by atoms with Crippen LogP contribution in [0.5, 0.6) is 0 Å². The molecule has 1 rings (SSSR count). The first-order valence-corrected chi connectivity index (χ1v) is 12.2. The quantitative estimate of drug-likeness (QED) is 0.132. The number of hydrogen-bond donors (Lipinski definition) is 0. The van der Waals surface area contributed by atoms with Gasteiger partial charge in [0, 0.05) is 12.7 Å². The zero-order valence-corrected chi connectivity index (χ0v) is 19.7. The van der Waals surface area contributed by atoms with Crippen molar-refractivity contribution in [3.05, 3.63) is 35.9 Å². The normalized spacial score (nSPS) is 13.2. The van der Waals surface area contributed by atoms with Crippen molar-refractivity contribution in [2.75, 3.05) is 7.11 Å². The monoisotopic (exact) mass is 416 g/mol. The molecule has 0 aromatic heterocycles. The lowest BCUT2D eigenvalue weighted by Crippen LogP contribution is -2.47. The Hall–Kier alpha value is -1.48. The van der Waals surface area contributed by atoms with E-state index in [2.05, 4.69) is 6.92 Å². The minimum atomic E-state index is -1.33. The molecule has 0 heterocycles. The van der Waals surface area contributed by atoms with Gasteiger partial charge in [-0.15, -0.1) is 0 Å². The van der Waals surface area contributed by atoms with Crippen LogP contribution in [0.15, 0.2) is 30.3 Å². The van der Waals surface area contributed by atoms with E-state index in [0.717, 1.165) is 19.3 Å². The van der Waals surface area contributed by atoms with Gasteiger partial charge in [-0.2, -0.15) is 0 Å². The summed E-state index contributed by atoms with van der Waals surface area (Å²) in [6.45, 7) is 3.73. The summed E-state index contributed by atoms with van der Waals surface area (Å²) in [6, 6.07) is 9.02. The molecule has 0 saturated carbocycles. The Labute approximate surface area is 185 Å². The molecule has 0 amide bonds. The molecule has 1 unspecified atom stereocenters. The number of carbonyl (C=O) groups excluding carboxylic acids is 2. The number of methoxy groups -OCH3 is 1. The lowest BCUT2D eigenvalue weighted by molar-refractivity contribution is -0.134. The molecule has 0 aliphatic rings. The topological polar surface area (TPSA) is 43.4 Å². The summed E-state index contributed by atoms with van der Waals surface area (Å²) in [7, 11) is 1.48. The van der Waals surface area contributed by atoms with E-state index in [4.69, 9.17) is 4.74 Å². The van der Waals surface area contributed by atoms with E-state index in [1.807, 2.05) is 18.2 Å². The van der Waals surface area contributed by atoms with Gasteiger partial charge in [0.25, 0.3) is 0 Å². The highest BCUT2D eigenvalue weighted by molar-refractivity contribution is 6.16. The van der Waals surface area contributed by atoms with Gasteiger partial charge in [-0.3, -0.25) is 9.59 Å². The van der Waals surface area contributed by atoms with E-state index in [1.54, 1.807) is 12.1 Å². The number of carbonyl (C=O) groups is 2. The summed E-state index contributed by atoms with van der Waals surface area (Å²) in [5, 5.41) is 0. The molecule has 1 aromatic rings. The molecule has 0 N–H and O–H groups in total. The average Bonchev–Trinajstić information content (AvgIpc) is 2.76. The van der Waals surface area contributed by atoms with Gasteiger partial charge in [0.15, 0.2) is 11.4 Å². The smallest absolute Gasteiger partial charge is 0.202 e. The van der Waals surface area contributed by atoms with Gasteiger partial charge in [0.2, 0.25) is 5.78 Å². The van der Waals surface area contributed by atoms with Gasteiger partial charge < -0.3 is 4.74 Å². The van der Waals surface area contributed by atoms with Crippen LogP contribution >= 0.6 is 0 Å². The van der Waals surface area contributed by atoms with Crippen molar-refractivity contribution in [2.24, 2.45) is 0 Å². The SMILES string of the molecule is CCCCCCCCCCCCCCCCC(OC)(C(C)=O)C(=O)c1ccccc1. The lowest BCUT2D eigenvalue weighted by Gasteiger charge is -2.28. The van der Waals surface area contributed by atoms with Crippen LogP contribution in [0.2, 0.25) is 0 Å². The Kier molecular flexibility index (Phi) is 14.4. The summed E-state index contributed by atoms with van der Waals surface area (Å²) in [4.78, 5) is 25.3. The van der Waals surface area contributed by atoms with Crippen molar-refractivity contribution in [2.45, 2.75) is 116 Å². The number of unbranched alkanes of at least 4 members (excludes halogenated alkanes) is 13. The number of ether oxygens (including phenoxy) is 1. The highest BCUT2D eigenvalue weighted by Gasteiger charge is 2.43. The predicted octanol–water partition coefficient (Wildman–Crippen LogP) is 7.71. The van der Waals surface area contributed by atoms with Gasteiger partial charge in [0.1, 0.15) is 0 Å². The van der Waals surface area contributed by atoms with Crippen molar-refractivity contribution < 1.29 is 14.3 Å². The second kappa shape index (κ2) is 16.2. The predicted molar refractivity (Wildman–Crippen MR) is 126 cm³/mol. The second-order valence-corrected chi connectivity index (χ2v) is 8.63. The molecule has 1 atom stereocenters.